The molecule has 21 heavy (non-hydrogen) atoms. The number of hydrogen-bond donors (Lipinski definition) is 2. The lowest BCUT2D eigenvalue weighted by Crippen LogP contribution is -1.98. The van der Waals surface area contributed by atoms with Crippen molar-refractivity contribution in [3.05, 3.63) is 47.8 Å². The Morgan fingerprint density at radius 2 is 1.86 bits per heavy atom. The quantitative estimate of drug-likeness (QED) is 0.446. The van der Waals surface area contributed by atoms with Gasteiger partial charge in [0.05, 0.1) is 0 Å². The molecule has 120 valence electrons. The van der Waals surface area contributed by atoms with Crippen LogP contribution in [0.1, 0.15) is 39.2 Å². The summed E-state index contributed by atoms with van der Waals surface area (Å²) in [6.07, 6.45) is 7.32. The summed E-state index contributed by atoms with van der Waals surface area (Å²) >= 11 is 0.846. The maximum atomic E-state index is 12.6. The van der Waals surface area contributed by atoms with Crippen LogP contribution in [0.25, 0.3) is 0 Å². The highest BCUT2D eigenvalue weighted by molar-refractivity contribution is 7.93. The lowest BCUT2D eigenvalue weighted by molar-refractivity contribution is 0.542. The molecule has 1 aromatic rings. The van der Waals surface area contributed by atoms with E-state index in [0.29, 0.717) is 6.54 Å². The van der Waals surface area contributed by atoms with Crippen LogP contribution in [0.3, 0.4) is 0 Å². The van der Waals surface area contributed by atoms with Crippen molar-refractivity contribution in [2.45, 2.75) is 40.0 Å². The Bertz CT molecular complexity index is 381. The highest BCUT2D eigenvalue weighted by Gasteiger charge is 2.02. The maximum Gasteiger partial charge on any atom is 0.123 e. The van der Waals surface area contributed by atoms with Crippen molar-refractivity contribution in [2.24, 2.45) is 11.1 Å². The summed E-state index contributed by atoms with van der Waals surface area (Å²) in [7, 11) is 0. The second kappa shape index (κ2) is 11.8. The van der Waals surface area contributed by atoms with Gasteiger partial charge in [0.25, 0.3) is 0 Å². The average molecular weight is 313 g/mol. The number of rotatable bonds is 6. The molecule has 2 nitrogen and oxygen atoms in total. The zero-order valence-corrected chi connectivity index (χ0v) is 14.1. The van der Waals surface area contributed by atoms with Crippen molar-refractivity contribution in [2.75, 3.05) is 12.3 Å². The molecule has 0 atom stereocenters. The van der Waals surface area contributed by atoms with Gasteiger partial charge in [0.15, 0.2) is 0 Å². The Morgan fingerprint density at radius 1 is 1.24 bits per heavy atom. The second-order valence-electron chi connectivity index (χ2n) is 5.91. The molecular formula is C17H28FNOS. The van der Waals surface area contributed by atoms with Crippen LogP contribution in [0.5, 0.6) is 0 Å². The van der Waals surface area contributed by atoms with E-state index >= 15 is 0 Å². The first-order valence-electron chi connectivity index (χ1n) is 7.27. The van der Waals surface area contributed by atoms with E-state index < -0.39 is 0 Å². The largest absolute Gasteiger partial charge is 0.330 e. The van der Waals surface area contributed by atoms with E-state index in [9.17, 15) is 4.39 Å². The summed E-state index contributed by atoms with van der Waals surface area (Å²) in [6, 6.07) is 6.73. The Balaban J connectivity index is 0.000000567. The van der Waals surface area contributed by atoms with E-state index in [0.717, 1.165) is 37.1 Å². The molecule has 0 aliphatic rings. The third-order valence-corrected chi connectivity index (χ3v) is 3.04. The normalized spacial score (nSPS) is 11.3. The van der Waals surface area contributed by atoms with Gasteiger partial charge in [0.1, 0.15) is 5.82 Å². The molecule has 0 saturated carbocycles. The number of halogens is 1. The van der Waals surface area contributed by atoms with Crippen LogP contribution >= 0.6 is 12.0 Å². The van der Waals surface area contributed by atoms with Crippen molar-refractivity contribution in [1.29, 1.82) is 0 Å². The molecule has 1 rings (SSSR count). The molecule has 0 spiro atoms. The molecule has 0 fully saturated rings. The van der Waals surface area contributed by atoms with Gasteiger partial charge in [-0.15, -0.1) is 0 Å². The van der Waals surface area contributed by atoms with Crippen LogP contribution < -0.4 is 5.73 Å². The van der Waals surface area contributed by atoms with E-state index in [4.69, 9.17) is 10.3 Å². The number of hydrogen-bond acceptors (Lipinski definition) is 3. The lowest BCUT2D eigenvalue weighted by Gasteiger charge is -2.10. The standard InChI is InChI=1S/C14H19F.C3H9NOS/c1-14(2,3)11-5-4-6-12-7-9-13(15)10-8-12;4-2-1-3-6-5/h5,7-11H,4,6H2,1-3H3;5H,1-4H2/b11-5+;. The van der Waals surface area contributed by atoms with Gasteiger partial charge < -0.3 is 10.3 Å². The third-order valence-electron chi connectivity index (χ3n) is 2.57. The molecule has 0 aliphatic heterocycles. The molecule has 0 unspecified atom stereocenters. The van der Waals surface area contributed by atoms with Crippen LogP contribution in [-0.4, -0.2) is 16.9 Å². The van der Waals surface area contributed by atoms with Crippen molar-refractivity contribution in [1.82, 2.24) is 0 Å². The molecule has 1 aromatic carbocycles. The summed E-state index contributed by atoms with van der Waals surface area (Å²) in [5.74, 6) is 0.597. The van der Waals surface area contributed by atoms with Gasteiger partial charge in [-0.25, -0.2) is 4.39 Å². The SMILES string of the molecule is CC(C)(C)/C=C/CCc1ccc(F)cc1.NCCCSO. The molecule has 0 heterocycles. The fourth-order valence-corrected chi connectivity index (χ4v) is 1.78. The van der Waals surface area contributed by atoms with Gasteiger partial charge in [-0.2, -0.15) is 0 Å². The van der Waals surface area contributed by atoms with Crippen LogP contribution in [-0.2, 0) is 6.42 Å². The smallest absolute Gasteiger partial charge is 0.123 e. The summed E-state index contributed by atoms with van der Waals surface area (Å²) < 4.78 is 20.7. The molecule has 3 N–H and O–H groups in total. The Hall–Kier alpha value is -0.840. The van der Waals surface area contributed by atoms with Gasteiger partial charge in [-0.05, 0) is 61.0 Å². The van der Waals surface area contributed by atoms with Crippen LogP contribution in [0.4, 0.5) is 4.39 Å². The molecule has 0 bridgehead atoms. The van der Waals surface area contributed by atoms with Crippen molar-refractivity contribution < 1.29 is 8.94 Å². The molecule has 0 aromatic heterocycles. The van der Waals surface area contributed by atoms with E-state index in [1.807, 2.05) is 12.1 Å². The number of nitrogens with two attached hydrogens (primary N) is 1. The van der Waals surface area contributed by atoms with Crippen LogP contribution in [0, 0.1) is 11.2 Å². The van der Waals surface area contributed by atoms with Crippen LogP contribution in [0.2, 0.25) is 0 Å². The Kier molecular flexibility index (Phi) is 11.3. The average Bonchev–Trinajstić information content (AvgIpc) is 2.43. The topological polar surface area (TPSA) is 46.2 Å². The monoisotopic (exact) mass is 313 g/mol. The number of aryl methyl sites for hydroxylation is 1. The second-order valence-corrected chi connectivity index (χ2v) is 6.58. The zero-order valence-electron chi connectivity index (χ0n) is 13.3. The van der Waals surface area contributed by atoms with Crippen molar-refractivity contribution in [3.8, 4) is 0 Å². The minimum atomic E-state index is -0.163. The minimum absolute atomic E-state index is 0.163. The maximum absolute atomic E-state index is 12.6. The summed E-state index contributed by atoms with van der Waals surface area (Å²) in [4.78, 5) is 0. The Morgan fingerprint density at radius 3 is 2.29 bits per heavy atom. The number of benzene rings is 1. The number of allylic oxidation sites excluding steroid dienone is 2. The summed E-state index contributed by atoms with van der Waals surface area (Å²) in [5.41, 5.74) is 6.53. The fourth-order valence-electron chi connectivity index (χ4n) is 1.49. The highest BCUT2D eigenvalue weighted by Crippen LogP contribution is 2.15. The predicted octanol–water partition coefficient (Wildman–Crippen LogP) is 4.90. The first-order chi connectivity index (χ1) is 9.89. The van der Waals surface area contributed by atoms with Gasteiger partial charge in [0.2, 0.25) is 0 Å². The minimum Gasteiger partial charge on any atom is -0.330 e. The first-order valence-corrected chi connectivity index (χ1v) is 8.22. The zero-order chi connectivity index (χ0) is 16.1. The summed E-state index contributed by atoms with van der Waals surface area (Å²) in [5, 5.41) is 0. The van der Waals surface area contributed by atoms with Crippen molar-refractivity contribution >= 4 is 12.0 Å². The summed E-state index contributed by atoms with van der Waals surface area (Å²) in [6.45, 7) is 7.22. The van der Waals surface area contributed by atoms with Gasteiger partial charge >= 0.3 is 0 Å². The van der Waals surface area contributed by atoms with Crippen molar-refractivity contribution in [3.63, 3.8) is 0 Å². The van der Waals surface area contributed by atoms with Gasteiger partial charge in [0, 0.05) is 5.75 Å². The first kappa shape index (κ1) is 20.2. The van der Waals surface area contributed by atoms with Gasteiger partial charge in [-0.3, -0.25) is 0 Å². The molecule has 0 radical (unpaired) electrons. The van der Waals surface area contributed by atoms with Crippen LogP contribution in [0.15, 0.2) is 36.4 Å². The highest BCUT2D eigenvalue weighted by atomic mass is 32.2. The van der Waals surface area contributed by atoms with E-state index in [1.165, 1.54) is 17.7 Å². The third kappa shape index (κ3) is 13.9. The molecule has 0 saturated heterocycles. The van der Waals surface area contributed by atoms with E-state index in [2.05, 4.69) is 32.9 Å². The molecule has 4 heteroatoms. The molecule has 0 aliphatic carbocycles. The van der Waals surface area contributed by atoms with E-state index in [-0.39, 0.29) is 11.2 Å². The van der Waals surface area contributed by atoms with Gasteiger partial charge in [-0.1, -0.05) is 45.1 Å². The Labute approximate surface area is 132 Å². The molecular weight excluding hydrogens is 285 g/mol. The lowest BCUT2D eigenvalue weighted by atomic mass is 9.95. The predicted molar refractivity (Wildman–Crippen MR) is 92.1 cm³/mol. The molecule has 0 amide bonds. The van der Waals surface area contributed by atoms with E-state index in [1.54, 1.807) is 0 Å². The fraction of sp³-hybridized carbons (Fsp3) is 0.529.